The summed E-state index contributed by atoms with van der Waals surface area (Å²) in [6.07, 6.45) is 2.10. The molecule has 1 nitrogen and oxygen atoms in total. The number of hydrogen-bond acceptors (Lipinski definition) is 1. The molecule has 0 aromatic rings. The standard InChI is InChI=1S/C12H25N/c1-10(2,3)12(7,8)9-13-11(4,5)6/h9H,1-8H3. The van der Waals surface area contributed by atoms with E-state index in [4.69, 9.17) is 0 Å². The zero-order chi connectivity index (χ0) is 10.9. The highest BCUT2D eigenvalue weighted by molar-refractivity contribution is 5.66. The Balaban J connectivity index is 4.62. The molecule has 0 bridgehead atoms. The SMILES string of the molecule is CC(C)(C)N=CC(C)(C)C(C)(C)C. The van der Waals surface area contributed by atoms with Crippen molar-refractivity contribution in [1.29, 1.82) is 0 Å². The Morgan fingerprint density at radius 2 is 1.15 bits per heavy atom. The Labute approximate surface area is 83.6 Å². The van der Waals surface area contributed by atoms with Crippen molar-refractivity contribution in [2.75, 3.05) is 0 Å². The zero-order valence-electron chi connectivity index (χ0n) is 10.5. The summed E-state index contributed by atoms with van der Waals surface area (Å²) in [7, 11) is 0. The molecule has 0 radical (unpaired) electrons. The van der Waals surface area contributed by atoms with Gasteiger partial charge >= 0.3 is 0 Å². The second-order valence-corrected chi connectivity index (χ2v) is 6.40. The van der Waals surface area contributed by atoms with Gasteiger partial charge in [-0.2, -0.15) is 0 Å². The molecule has 0 amide bonds. The maximum atomic E-state index is 4.57. The van der Waals surface area contributed by atoms with Crippen LogP contribution in [0, 0.1) is 10.8 Å². The van der Waals surface area contributed by atoms with Gasteiger partial charge in [-0.05, 0) is 26.2 Å². The fourth-order valence-corrected chi connectivity index (χ4v) is 0.549. The van der Waals surface area contributed by atoms with Gasteiger partial charge in [0.15, 0.2) is 0 Å². The Kier molecular flexibility index (Phi) is 3.35. The lowest BCUT2D eigenvalue weighted by atomic mass is 9.70. The quantitative estimate of drug-likeness (QED) is 0.546. The molecule has 0 aliphatic carbocycles. The lowest BCUT2D eigenvalue weighted by Gasteiger charge is -2.36. The molecule has 0 fully saturated rings. The van der Waals surface area contributed by atoms with E-state index in [0.29, 0.717) is 0 Å². The molecule has 0 atom stereocenters. The van der Waals surface area contributed by atoms with Crippen LogP contribution in [0.4, 0.5) is 0 Å². The van der Waals surface area contributed by atoms with Gasteiger partial charge in [-0.25, -0.2) is 0 Å². The Morgan fingerprint density at radius 1 is 0.769 bits per heavy atom. The van der Waals surface area contributed by atoms with E-state index in [0.717, 1.165) is 0 Å². The van der Waals surface area contributed by atoms with Gasteiger partial charge in [0.2, 0.25) is 0 Å². The molecule has 0 saturated heterocycles. The maximum Gasteiger partial charge on any atom is 0.0520 e. The summed E-state index contributed by atoms with van der Waals surface area (Å²) in [6, 6.07) is 0. The second kappa shape index (κ2) is 3.43. The van der Waals surface area contributed by atoms with Gasteiger partial charge in [0, 0.05) is 11.6 Å². The van der Waals surface area contributed by atoms with Crippen molar-refractivity contribution in [1.82, 2.24) is 0 Å². The summed E-state index contributed by atoms with van der Waals surface area (Å²) in [5, 5.41) is 0. The molecule has 0 aliphatic rings. The molecule has 0 aromatic heterocycles. The molecule has 0 saturated carbocycles. The van der Waals surface area contributed by atoms with Crippen LogP contribution in [0.1, 0.15) is 55.4 Å². The fraction of sp³-hybridized carbons (Fsp3) is 0.917. The van der Waals surface area contributed by atoms with Crippen LogP contribution in [-0.2, 0) is 0 Å². The van der Waals surface area contributed by atoms with Gasteiger partial charge in [-0.3, -0.25) is 4.99 Å². The molecule has 0 heterocycles. The summed E-state index contributed by atoms with van der Waals surface area (Å²) in [5.41, 5.74) is 0.463. The van der Waals surface area contributed by atoms with Gasteiger partial charge in [0.25, 0.3) is 0 Å². The average molecular weight is 183 g/mol. The highest BCUT2D eigenvalue weighted by atomic mass is 14.8. The number of rotatable bonds is 1. The van der Waals surface area contributed by atoms with E-state index < -0.39 is 0 Å². The molecule has 0 N–H and O–H groups in total. The summed E-state index contributed by atoms with van der Waals surface area (Å²) in [5.74, 6) is 0. The first-order valence-electron chi connectivity index (χ1n) is 5.02. The average Bonchev–Trinajstić information content (AvgIpc) is 1.79. The molecule has 78 valence electrons. The molecule has 13 heavy (non-hydrogen) atoms. The monoisotopic (exact) mass is 183 g/mol. The molecule has 0 spiro atoms. The maximum absolute atomic E-state index is 4.57. The Bertz CT molecular complexity index is 186. The van der Waals surface area contributed by atoms with Crippen LogP contribution in [0.3, 0.4) is 0 Å². The van der Waals surface area contributed by atoms with E-state index in [1.807, 2.05) is 0 Å². The van der Waals surface area contributed by atoms with E-state index in [9.17, 15) is 0 Å². The first-order chi connectivity index (χ1) is 5.46. The normalized spacial score (nSPS) is 15.4. The van der Waals surface area contributed by atoms with E-state index >= 15 is 0 Å². The van der Waals surface area contributed by atoms with Gasteiger partial charge in [0.1, 0.15) is 0 Å². The van der Waals surface area contributed by atoms with Crippen LogP contribution >= 0.6 is 0 Å². The van der Waals surface area contributed by atoms with Crippen LogP contribution in [0.15, 0.2) is 4.99 Å². The van der Waals surface area contributed by atoms with Crippen LogP contribution in [0.5, 0.6) is 0 Å². The third kappa shape index (κ3) is 4.44. The minimum atomic E-state index is 0.0442. The molecular formula is C12H25N. The van der Waals surface area contributed by atoms with Gasteiger partial charge in [-0.15, -0.1) is 0 Å². The topological polar surface area (TPSA) is 12.4 Å². The Morgan fingerprint density at radius 3 is 1.38 bits per heavy atom. The zero-order valence-corrected chi connectivity index (χ0v) is 10.5. The summed E-state index contributed by atoms with van der Waals surface area (Å²) < 4.78 is 0. The van der Waals surface area contributed by atoms with E-state index in [2.05, 4.69) is 66.6 Å². The summed E-state index contributed by atoms with van der Waals surface area (Å²) in [4.78, 5) is 4.57. The minimum Gasteiger partial charge on any atom is -0.291 e. The predicted molar refractivity (Wildman–Crippen MR) is 61.5 cm³/mol. The number of aliphatic imine (C=N–C) groups is 1. The number of hydrogen-bond donors (Lipinski definition) is 0. The van der Waals surface area contributed by atoms with Crippen molar-refractivity contribution in [3.63, 3.8) is 0 Å². The fourth-order valence-electron chi connectivity index (χ4n) is 0.549. The van der Waals surface area contributed by atoms with E-state index in [1.165, 1.54) is 0 Å². The van der Waals surface area contributed by atoms with E-state index in [-0.39, 0.29) is 16.4 Å². The third-order valence-electron chi connectivity index (χ3n) is 2.71. The molecule has 0 aliphatic heterocycles. The van der Waals surface area contributed by atoms with Crippen LogP contribution < -0.4 is 0 Å². The molecular weight excluding hydrogens is 158 g/mol. The summed E-state index contributed by atoms with van der Waals surface area (Å²) >= 11 is 0. The third-order valence-corrected chi connectivity index (χ3v) is 2.71. The lowest BCUT2D eigenvalue weighted by molar-refractivity contribution is 0.221. The molecule has 0 unspecified atom stereocenters. The molecule has 0 aromatic carbocycles. The summed E-state index contributed by atoms with van der Waals surface area (Å²) in [6.45, 7) is 17.6. The van der Waals surface area contributed by atoms with Crippen molar-refractivity contribution in [3.05, 3.63) is 0 Å². The number of nitrogens with zero attached hydrogens (tertiary/aromatic N) is 1. The second-order valence-electron chi connectivity index (χ2n) is 6.40. The van der Waals surface area contributed by atoms with E-state index in [1.54, 1.807) is 0 Å². The molecule has 1 heteroatoms. The van der Waals surface area contributed by atoms with Gasteiger partial charge in [-0.1, -0.05) is 34.6 Å². The van der Waals surface area contributed by atoms with Crippen LogP contribution in [-0.4, -0.2) is 11.8 Å². The van der Waals surface area contributed by atoms with Crippen molar-refractivity contribution in [2.24, 2.45) is 15.8 Å². The van der Waals surface area contributed by atoms with Crippen LogP contribution in [0.2, 0.25) is 0 Å². The minimum absolute atomic E-state index is 0.0442. The van der Waals surface area contributed by atoms with Gasteiger partial charge in [0.05, 0.1) is 5.54 Å². The largest absolute Gasteiger partial charge is 0.291 e. The van der Waals surface area contributed by atoms with Crippen molar-refractivity contribution in [3.8, 4) is 0 Å². The van der Waals surface area contributed by atoms with Crippen molar-refractivity contribution >= 4 is 6.21 Å². The first kappa shape index (κ1) is 12.7. The smallest absolute Gasteiger partial charge is 0.0520 e. The predicted octanol–water partition coefficient (Wildman–Crippen LogP) is 3.93. The van der Waals surface area contributed by atoms with Crippen molar-refractivity contribution in [2.45, 2.75) is 60.9 Å². The molecule has 0 rings (SSSR count). The Hall–Kier alpha value is -0.330. The highest BCUT2D eigenvalue weighted by Gasteiger charge is 2.31. The van der Waals surface area contributed by atoms with Crippen LogP contribution in [0.25, 0.3) is 0 Å². The first-order valence-corrected chi connectivity index (χ1v) is 5.02. The van der Waals surface area contributed by atoms with Gasteiger partial charge < -0.3 is 0 Å². The lowest BCUT2D eigenvalue weighted by Crippen LogP contribution is -2.32. The van der Waals surface area contributed by atoms with Crippen molar-refractivity contribution < 1.29 is 0 Å². The highest BCUT2D eigenvalue weighted by Crippen LogP contribution is 2.36.